The van der Waals surface area contributed by atoms with Crippen molar-refractivity contribution in [1.29, 1.82) is 0 Å². The molecule has 0 aliphatic carbocycles. The molecule has 598 valence electrons. The zero-order chi connectivity index (χ0) is 84.0. The largest absolute Gasteiger partial charge is 0.505 e. The molecule has 0 radical (unpaired) electrons. The molecule has 0 atom stereocenters. The number of aryl methyl sites for hydroxylation is 2. The van der Waals surface area contributed by atoms with Crippen LogP contribution >= 0.6 is 58.6 Å². The van der Waals surface area contributed by atoms with E-state index in [0.717, 1.165) is 69.0 Å². The molecule has 33 heteroatoms. The van der Waals surface area contributed by atoms with Crippen LogP contribution in [0, 0.1) is 12.7 Å². The van der Waals surface area contributed by atoms with Crippen LogP contribution in [0.2, 0.25) is 5.02 Å². The van der Waals surface area contributed by atoms with Crippen LogP contribution in [-0.2, 0) is 7.05 Å². The van der Waals surface area contributed by atoms with Gasteiger partial charge in [0, 0.05) is 113 Å². The number of pyridine rings is 4. The van der Waals surface area contributed by atoms with E-state index < -0.39 is 67.8 Å². The van der Waals surface area contributed by atoms with Crippen molar-refractivity contribution in [1.82, 2.24) is 29.3 Å². The summed E-state index contributed by atoms with van der Waals surface area (Å²) in [5.41, 5.74) is 0.613. The van der Waals surface area contributed by atoms with Crippen LogP contribution in [0.25, 0.3) is 93.3 Å². The number of halogens is 2. The van der Waals surface area contributed by atoms with Gasteiger partial charge in [0.25, 0.3) is 22.2 Å². The number of hydrogen-bond acceptors (Lipinski definition) is 26. The molecule has 0 saturated carbocycles. The Bertz CT molecular complexity index is 7240. The van der Waals surface area contributed by atoms with Gasteiger partial charge in [0.05, 0.1) is 47.5 Å². The molecular formula is C85H67ClFN9O18S4. The minimum absolute atomic E-state index is 0.00719. The fourth-order valence-electron chi connectivity index (χ4n) is 12.9. The number of fused-ring (bicyclic) bond motifs is 12. The molecule has 0 saturated heterocycles. The SMILES string of the molecule is CN(C)c1ccc2c(c1)[nH]c(=O)c1c(O)c(Sc3cccc(Cl)c3)c(=O)oc12.CN(C)c1ccc2c(c1)[nH]c(=O)c1c(O)c(Sc3cccc(F)c3)c(=O)oc12.CN(C)c1ccc2c(c1)[nH]c(=O)c1c(O)c(Sc3ccccc3)c(=O)oc12.COc1cccc(Sc2c(O)c3c(=O)n(-c4cccc(OC)c4)c4c(c(C)nn4C)c3oc2=O)c1. The van der Waals surface area contributed by atoms with Gasteiger partial charge in [-0.05, 0) is 140 Å². The summed E-state index contributed by atoms with van der Waals surface area (Å²) in [4.78, 5) is 118. The van der Waals surface area contributed by atoms with Crippen LogP contribution in [0.15, 0.2) is 277 Å². The van der Waals surface area contributed by atoms with Gasteiger partial charge < -0.3 is 77.2 Å². The van der Waals surface area contributed by atoms with Gasteiger partial charge in [0.2, 0.25) is 0 Å². The van der Waals surface area contributed by atoms with E-state index in [-0.39, 0.29) is 69.2 Å². The topological polar surface area (TPSA) is 368 Å². The third-order valence-electron chi connectivity index (χ3n) is 18.6. The predicted octanol–water partition coefficient (Wildman–Crippen LogP) is 15.5. The Kier molecular flexibility index (Phi) is 22.9. The molecule has 17 aromatic rings. The van der Waals surface area contributed by atoms with Crippen LogP contribution in [0.4, 0.5) is 21.5 Å². The first-order valence-corrected chi connectivity index (χ1v) is 39.1. The summed E-state index contributed by atoms with van der Waals surface area (Å²) in [6.45, 7) is 1.75. The predicted molar refractivity (Wildman–Crippen MR) is 459 cm³/mol. The van der Waals surface area contributed by atoms with Gasteiger partial charge in [0.15, 0.2) is 45.3 Å². The lowest BCUT2D eigenvalue weighted by Gasteiger charge is -2.13. The quantitative estimate of drug-likeness (QED) is 0.0497. The molecule has 8 aromatic carbocycles. The second-order valence-corrected chi connectivity index (χ2v) is 31.7. The molecule has 9 heterocycles. The van der Waals surface area contributed by atoms with E-state index in [4.69, 9.17) is 38.7 Å². The summed E-state index contributed by atoms with van der Waals surface area (Å²) in [6, 6.07) is 51.5. The van der Waals surface area contributed by atoms with Gasteiger partial charge in [-0.25, -0.2) is 23.6 Å². The first kappa shape index (κ1) is 81.1. The smallest absolute Gasteiger partial charge is 0.354 e. The Morgan fingerprint density at radius 2 is 0.797 bits per heavy atom. The second-order valence-electron chi connectivity index (χ2n) is 26.9. The molecule has 0 unspecified atom stereocenters. The van der Waals surface area contributed by atoms with Crippen molar-refractivity contribution in [3.8, 4) is 40.2 Å². The zero-order valence-corrected chi connectivity index (χ0v) is 67.9. The maximum Gasteiger partial charge on any atom is 0.354 e. The van der Waals surface area contributed by atoms with E-state index in [0.29, 0.717) is 86.3 Å². The standard InChI is InChI=1S/C25H21N3O6S.C20H15ClN2O4S.C20H15FN2O4S.C20H16N2O4S/c1-13-18-21-19(20(29)22(25(31)34-21)35-17-10-6-9-16(12-17)33-4)24(30)28(23(18)27(2)26-13)14-7-5-8-15(11-14)32-3;2*1-23(2)11-6-7-13-14(9-11)22-19(25)15-16(24)18(20(26)27-17(13)15)28-12-5-3-4-10(21)8-12;1-22(2)11-8-9-13-14(10-11)21-19(24)15-16(23)18(20(25)26-17(13)15)27-12-6-4-3-5-7-12/h5-12,29H,1-4H3;2*3-9,24H,1-2H3,(H,22,25);3-10,23H,1-2H3,(H,21,24). The minimum atomic E-state index is -0.803. The maximum atomic E-state index is 13.9. The van der Waals surface area contributed by atoms with E-state index in [2.05, 4.69) is 20.1 Å². The van der Waals surface area contributed by atoms with E-state index >= 15 is 0 Å². The van der Waals surface area contributed by atoms with Crippen LogP contribution in [0.1, 0.15) is 5.69 Å². The summed E-state index contributed by atoms with van der Waals surface area (Å²) in [5, 5.41) is 49.9. The van der Waals surface area contributed by atoms with E-state index in [9.17, 15) is 63.2 Å². The normalized spacial score (nSPS) is 11.3. The third-order valence-corrected chi connectivity index (χ3v) is 23.0. The lowest BCUT2D eigenvalue weighted by molar-refractivity contribution is 0.413. The first-order chi connectivity index (χ1) is 56.5. The fraction of sp³-hybridized carbons (Fsp3) is 0.118. The first-order valence-electron chi connectivity index (χ1n) is 35.4. The average molecular weight is 1690 g/mol. The molecule has 0 aliphatic rings. The molecule has 0 amide bonds. The highest BCUT2D eigenvalue weighted by molar-refractivity contribution is 8.00. The molecule has 7 N–H and O–H groups in total. The van der Waals surface area contributed by atoms with E-state index in [1.54, 1.807) is 146 Å². The van der Waals surface area contributed by atoms with Crippen molar-refractivity contribution < 1.29 is 52.0 Å². The monoisotopic (exact) mass is 1680 g/mol. The third kappa shape index (κ3) is 15.9. The van der Waals surface area contributed by atoms with Gasteiger partial charge in [-0.1, -0.05) is 101 Å². The van der Waals surface area contributed by atoms with Crippen LogP contribution in [-0.4, -0.2) is 106 Å². The number of H-pyrrole nitrogens is 3. The number of hydrogen-bond donors (Lipinski definition) is 7. The van der Waals surface area contributed by atoms with Crippen molar-refractivity contribution >= 4 is 163 Å². The fourth-order valence-corrected chi connectivity index (χ4v) is 16.7. The minimum Gasteiger partial charge on any atom is -0.505 e. The van der Waals surface area contributed by atoms with Crippen LogP contribution in [0.3, 0.4) is 0 Å². The second kappa shape index (κ2) is 33.4. The summed E-state index contributed by atoms with van der Waals surface area (Å²) >= 11 is 9.85. The van der Waals surface area contributed by atoms with Gasteiger partial charge in [-0.15, -0.1) is 0 Å². The van der Waals surface area contributed by atoms with Gasteiger partial charge in [-0.3, -0.25) is 28.4 Å². The molecule has 9 aromatic heterocycles. The Hall–Kier alpha value is -13.5. The Labute approximate surface area is 686 Å². The maximum absolute atomic E-state index is 13.9. The molecule has 0 aliphatic heterocycles. The highest BCUT2D eigenvalue weighted by Crippen LogP contribution is 2.43. The molecular weight excluding hydrogens is 1620 g/mol. The lowest BCUT2D eigenvalue weighted by atomic mass is 10.1. The Balaban J connectivity index is 0.000000130. The number of aromatic nitrogens is 6. The van der Waals surface area contributed by atoms with Crippen LogP contribution < -0.4 is 68.9 Å². The molecule has 17 rings (SSSR count). The van der Waals surface area contributed by atoms with Crippen molar-refractivity contribution in [3.63, 3.8) is 0 Å². The molecule has 0 fully saturated rings. The number of ether oxygens (including phenoxy) is 2. The number of benzene rings is 8. The number of anilines is 3. The molecule has 27 nitrogen and oxygen atoms in total. The van der Waals surface area contributed by atoms with Crippen molar-refractivity contribution in [3.05, 3.63) is 282 Å². The highest BCUT2D eigenvalue weighted by atomic mass is 35.5. The summed E-state index contributed by atoms with van der Waals surface area (Å²) in [6.07, 6.45) is 0. The molecule has 0 bridgehead atoms. The number of aromatic amines is 3. The summed E-state index contributed by atoms with van der Waals surface area (Å²) in [5.74, 6) is -1.04. The van der Waals surface area contributed by atoms with Crippen molar-refractivity contribution in [2.45, 2.75) is 46.1 Å². The molecule has 0 spiro atoms. The number of methoxy groups -OCH3 is 2. The summed E-state index contributed by atoms with van der Waals surface area (Å²) in [7, 11) is 16.0. The van der Waals surface area contributed by atoms with E-state index in [1.807, 2.05) is 93.4 Å². The lowest BCUT2D eigenvalue weighted by Crippen LogP contribution is -2.22. The Morgan fingerprint density at radius 3 is 1.22 bits per heavy atom. The van der Waals surface area contributed by atoms with Crippen molar-refractivity contribution in [2.75, 3.05) is 71.2 Å². The average Bonchev–Trinajstić information content (AvgIpc) is 1.59. The highest BCUT2D eigenvalue weighted by Gasteiger charge is 2.29. The van der Waals surface area contributed by atoms with Gasteiger partial charge in [-0.2, -0.15) is 5.10 Å². The number of nitrogens with one attached hydrogen (secondary N) is 3. The molecule has 118 heavy (non-hydrogen) atoms. The van der Waals surface area contributed by atoms with Gasteiger partial charge in [0.1, 0.15) is 64.1 Å². The Morgan fingerprint density at radius 1 is 0.424 bits per heavy atom. The van der Waals surface area contributed by atoms with Gasteiger partial charge >= 0.3 is 22.5 Å². The summed E-state index contributed by atoms with van der Waals surface area (Å²) < 4.78 is 49.0. The van der Waals surface area contributed by atoms with Crippen LogP contribution in [0.5, 0.6) is 34.5 Å². The van der Waals surface area contributed by atoms with Crippen molar-refractivity contribution in [2.24, 2.45) is 7.05 Å². The van der Waals surface area contributed by atoms with E-state index in [1.165, 1.54) is 37.0 Å². The number of aromatic hydroxyl groups is 4. The number of nitrogens with zero attached hydrogens (tertiary/aromatic N) is 6. The number of rotatable bonds is 14. The zero-order valence-electron chi connectivity index (χ0n) is 63.9.